The number of hydrogen-bond donors (Lipinski definition) is 4. The van der Waals surface area contributed by atoms with E-state index in [1.807, 2.05) is 18.2 Å². The van der Waals surface area contributed by atoms with Gasteiger partial charge in [0.05, 0.1) is 11.8 Å². The van der Waals surface area contributed by atoms with E-state index < -0.39 is 5.97 Å². The SMILES string of the molecule is CC1(C)CCC(=O)Nc2cc(Nc3ncc(Cl)c(Nc4c(C(=O)O)ccc5c4OCO5)n3)ccc21. The van der Waals surface area contributed by atoms with Crippen molar-refractivity contribution in [3.63, 3.8) is 0 Å². The summed E-state index contributed by atoms with van der Waals surface area (Å²) in [5.74, 6) is -0.102. The molecule has 1 amide bonds. The molecule has 0 aliphatic carbocycles. The molecule has 0 atom stereocenters. The van der Waals surface area contributed by atoms with Crippen molar-refractivity contribution in [2.24, 2.45) is 0 Å². The summed E-state index contributed by atoms with van der Waals surface area (Å²) < 4.78 is 10.8. The first-order chi connectivity index (χ1) is 16.7. The van der Waals surface area contributed by atoms with Gasteiger partial charge in [-0.3, -0.25) is 4.79 Å². The van der Waals surface area contributed by atoms with Crippen molar-refractivity contribution in [2.75, 3.05) is 22.7 Å². The van der Waals surface area contributed by atoms with Gasteiger partial charge in [0.25, 0.3) is 0 Å². The van der Waals surface area contributed by atoms with Gasteiger partial charge >= 0.3 is 5.97 Å². The summed E-state index contributed by atoms with van der Waals surface area (Å²) >= 11 is 6.31. The van der Waals surface area contributed by atoms with Gasteiger partial charge in [-0.2, -0.15) is 4.98 Å². The van der Waals surface area contributed by atoms with E-state index in [0.29, 0.717) is 17.9 Å². The molecular formula is C24H22ClN5O5. The van der Waals surface area contributed by atoms with Crippen molar-refractivity contribution in [3.8, 4) is 11.5 Å². The number of carboxylic acid groups (broad SMARTS) is 1. The first-order valence-corrected chi connectivity index (χ1v) is 11.3. The zero-order valence-corrected chi connectivity index (χ0v) is 19.7. The maximum atomic E-state index is 12.2. The Labute approximate surface area is 205 Å². The lowest BCUT2D eigenvalue weighted by Gasteiger charge is -2.24. The molecule has 5 rings (SSSR count). The van der Waals surface area contributed by atoms with Crippen molar-refractivity contribution in [1.82, 2.24) is 9.97 Å². The van der Waals surface area contributed by atoms with Gasteiger partial charge in [-0.05, 0) is 41.7 Å². The number of fused-ring (bicyclic) bond motifs is 2. The Morgan fingerprint density at radius 2 is 2.03 bits per heavy atom. The molecule has 0 saturated heterocycles. The summed E-state index contributed by atoms with van der Waals surface area (Å²) in [7, 11) is 0. The summed E-state index contributed by atoms with van der Waals surface area (Å²) in [4.78, 5) is 32.6. The van der Waals surface area contributed by atoms with E-state index in [2.05, 4.69) is 39.8 Å². The van der Waals surface area contributed by atoms with Crippen molar-refractivity contribution < 1.29 is 24.2 Å². The zero-order chi connectivity index (χ0) is 24.7. The molecule has 10 nitrogen and oxygen atoms in total. The molecular weight excluding hydrogens is 474 g/mol. The lowest BCUT2D eigenvalue weighted by Crippen LogP contribution is -2.16. The number of anilines is 5. The molecule has 4 N–H and O–H groups in total. The Kier molecular flexibility index (Phi) is 5.60. The number of ether oxygens (including phenoxy) is 2. The highest BCUT2D eigenvalue weighted by atomic mass is 35.5. The van der Waals surface area contributed by atoms with Gasteiger partial charge in [0, 0.05) is 17.8 Å². The van der Waals surface area contributed by atoms with Crippen LogP contribution in [0.4, 0.5) is 28.8 Å². The van der Waals surface area contributed by atoms with E-state index in [1.54, 1.807) is 0 Å². The first kappa shape index (κ1) is 22.7. The second kappa shape index (κ2) is 8.62. The smallest absolute Gasteiger partial charge is 0.337 e. The zero-order valence-electron chi connectivity index (χ0n) is 18.9. The third-order valence-electron chi connectivity index (χ3n) is 6.01. The number of aromatic nitrogens is 2. The Morgan fingerprint density at radius 3 is 2.83 bits per heavy atom. The average Bonchev–Trinajstić information content (AvgIpc) is 3.25. The monoisotopic (exact) mass is 495 g/mol. The summed E-state index contributed by atoms with van der Waals surface area (Å²) in [6.07, 6.45) is 2.61. The van der Waals surface area contributed by atoms with Crippen LogP contribution in [0.3, 0.4) is 0 Å². The Bertz CT molecular complexity index is 1360. The topological polar surface area (TPSA) is 135 Å². The van der Waals surface area contributed by atoms with Crippen LogP contribution in [-0.4, -0.2) is 33.7 Å². The number of carbonyl (C=O) groups excluding carboxylic acids is 1. The van der Waals surface area contributed by atoms with Gasteiger partial charge in [0.15, 0.2) is 17.3 Å². The van der Waals surface area contributed by atoms with Crippen molar-refractivity contribution in [2.45, 2.75) is 32.1 Å². The summed E-state index contributed by atoms with van der Waals surface area (Å²) in [6.45, 7) is 4.20. The fourth-order valence-electron chi connectivity index (χ4n) is 4.13. The van der Waals surface area contributed by atoms with Crippen LogP contribution in [0.1, 0.15) is 42.6 Å². The molecule has 0 radical (unpaired) electrons. The highest BCUT2D eigenvalue weighted by Crippen LogP contribution is 2.43. The second-order valence-corrected chi connectivity index (χ2v) is 9.27. The highest BCUT2D eigenvalue weighted by Gasteiger charge is 2.29. The molecule has 2 aliphatic heterocycles. The third-order valence-corrected chi connectivity index (χ3v) is 6.29. The molecule has 2 aromatic carbocycles. The van der Waals surface area contributed by atoms with Crippen LogP contribution in [0.5, 0.6) is 11.5 Å². The highest BCUT2D eigenvalue weighted by molar-refractivity contribution is 6.33. The molecule has 0 unspecified atom stereocenters. The van der Waals surface area contributed by atoms with Crippen molar-refractivity contribution in [3.05, 3.63) is 52.7 Å². The van der Waals surface area contributed by atoms with Crippen LogP contribution in [0.15, 0.2) is 36.5 Å². The fourth-order valence-corrected chi connectivity index (χ4v) is 4.26. The number of nitrogens with one attached hydrogen (secondary N) is 3. The predicted octanol–water partition coefficient (Wildman–Crippen LogP) is 5.05. The largest absolute Gasteiger partial charge is 0.478 e. The first-order valence-electron chi connectivity index (χ1n) is 10.9. The van der Waals surface area contributed by atoms with Crippen LogP contribution in [0.2, 0.25) is 5.02 Å². The molecule has 0 fully saturated rings. The van der Waals surface area contributed by atoms with E-state index in [4.69, 9.17) is 21.1 Å². The molecule has 1 aromatic heterocycles. The van der Waals surface area contributed by atoms with E-state index in [9.17, 15) is 14.7 Å². The Balaban J connectivity index is 1.46. The quantitative estimate of drug-likeness (QED) is 0.383. The molecule has 180 valence electrons. The van der Waals surface area contributed by atoms with E-state index in [-0.39, 0.29) is 51.9 Å². The molecule has 3 aromatic rings. The number of carbonyl (C=O) groups is 2. The second-order valence-electron chi connectivity index (χ2n) is 8.86. The minimum Gasteiger partial charge on any atom is -0.478 e. The molecule has 0 saturated carbocycles. The van der Waals surface area contributed by atoms with Crippen molar-refractivity contribution in [1.29, 1.82) is 0 Å². The van der Waals surface area contributed by atoms with Gasteiger partial charge in [0.2, 0.25) is 18.6 Å². The summed E-state index contributed by atoms with van der Waals surface area (Å²) in [5, 5.41) is 18.8. The molecule has 2 aliphatic rings. The maximum absolute atomic E-state index is 12.2. The lowest BCUT2D eigenvalue weighted by atomic mass is 9.80. The van der Waals surface area contributed by atoms with Gasteiger partial charge in [-0.25, -0.2) is 9.78 Å². The third kappa shape index (κ3) is 4.40. The van der Waals surface area contributed by atoms with Crippen LogP contribution in [0.25, 0.3) is 0 Å². The van der Waals surface area contributed by atoms with Gasteiger partial charge in [0.1, 0.15) is 10.7 Å². The van der Waals surface area contributed by atoms with E-state index >= 15 is 0 Å². The minimum absolute atomic E-state index is 0.0247. The fraction of sp³-hybridized carbons (Fsp3) is 0.250. The normalized spacial score (nSPS) is 15.6. The van der Waals surface area contributed by atoms with Crippen LogP contribution < -0.4 is 25.4 Å². The number of carboxylic acids is 1. The molecule has 3 heterocycles. The number of amides is 1. The molecule has 0 spiro atoms. The minimum atomic E-state index is -1.15. The summed E-state index contributed by atoms with van der Waals surface area (Å²) in [5.41, 5.74) is 2.45. The van der Waals surface area contributed by atoms with E-state index in [0.717, 1.165) is 17.7 Å². The van der Waals surface area contributed by atoms with Crippen LogP contribution in [-0.2, 0) is 10.2 Å². The van der Waals surface area contributed by atoms with Crippen molar-refractivity contribution >= 4 is 52.3 Å². The van der Waals surface area contributed by atoms with E-state index in [1.165, 1.54) is 18.3 Å². The number of hydrogen-bond acceptors (Lipinski definition) is 8. The number of rotatable bonds is 5. The standard InChI is InChI=1S/C24H22ClN5O5/c1-24(2)8-7-18(31)28-16-9-12(3-5-14(16)24)27-23-26-10-15(25)21(30-23)29-19-13(22(32)33)4-6-17-20(19)35-11-34-17/h3-6,9-10H,7-8,11H2,1-2H3,(H,28,31)(H,32,33)(H2,26,27,29,30). The van der Waals surface area contributed by atoms with Crippen LogP contribution >= 0.6 is 11.6 Å². The van der Waals surface area contributed by atoms with Gasteiger partial charge in [-0.15, -0.1) is 0 Å². The number of benzene rings is 2. The maximum Gasteiger partial charge on any atom is 0.337 e. The Morgan fingerprint density at radius 1 is 1.20 bits per heavy atom. The lowest BCUT2D eigenvalue weighted by molar-refractivity contribution is -0.116. The average molecular weight is 496 g/mol. The van der Waals surface area contributed by atoms with Crippen LogP contribution in [0, 0.1) is 0 Å². The molecule has 35 heavy (non-hydrogen) atoms. The number of halogens is 1. The van der Waals surface area contributed by atoms with Gasteiger partial charge in [-0.1, -0.05) is 31.5 Å². The predicted molar refractivity (Wildman–Crippen MR) is 130 cm³/mol. The number of aromatic carboxylic acids is 1. The Hall–Kier alpha value is -4.05. The molecule has 0 bridgehead atoms. The summed E-state index contributed by atoms with van der Waals surface area (Å²) in [6, 6.07) is 8.65. The number of nitrogens with zero attached hydrogens (tertiary/aromatic N) is 2. The van der Waals surface area contributed by atoms with Gasteiger partial charge < -0.3 is 30.5 Å². The molecule has 11 heteroatoms.